The standard InChI is InChI=1S/C18H30N4O3S2/c1-2-20-11-13-21(14-12-20)8-5-7-19-18(23)17-16(6-15-26-17)27(24,25)22-9-3-4-10-22/h6,15H,2-5,7-14H2,1H3,(H,19,23). The number of nitrogens with zero attached hydrogens (tertiary/aromatic N) is 3. The maximum atomic E-state index is 12.8. The summed E-state index contributed by atoms with van der Waals surface area (Å²) in [5.74, 6) is -0.279. The number of hydrogen-bond donors (Lipinski definition) is 1. The van der Waals surface area contributed by atoms with Crippen molar-refractivity contribution in [3.05, 3.63) is 16.3 Å². The molecule has 0 aliphatic carbocycles. The van der Waals surface area contributed by atoms with E-state index in [1.807, 2.05) is 0 Å². The fourth-order valence-corrected chi connectivity index (χ4v) is 6.48. The van der Waals surface area contributed by atoms with Gasteiger partial charge >= 0.3 is 0 Å². The molecule has 2 saturated heterocycles. The van der Waals surface area contributed by atoms with Crippen LogP contribution in [-0.4, -0.2) is 87.3 Å². The molecule has 7 nitrogen and oxygen atoms in total. The second kappa shape index (κ2) is 9.47. The highest BCUT2D eigenvalue weighted by molar-refractivity contribution is 7.89. The van der Waals surface area contributed by atoms with Gasteiger partial charge in [0, 0.05) is 45.8 Å². The molecule has 0 unspecified atom stereocenters. The zero-order valence-corrected chi connectivity index (χ0v) is 17.7. The Morgan fingerprint density at radius 1 is 1.11 bits per heavy atom. The lowest BCUT2D eigenvalue weighted by atomic mass is 10.3. The number of thiophene rings is 1. The zero-order chi connectivity index (χ0) is 19.3. The molecule has 0 radical (unpaired) electrons. The molecule has 1 amide bonds. The predicted octanol–water partition coefficient (Wildman–Crippen LogP) is 1.29. The smallest absolute Gasteiger partial charge is 0.262 e. The van der Waals surface area contributed by atoms with Crippen molar-refractivity contribution in [1.29, 1.82) is 0 Å². The summed E-state index contributed by atoms with van der Waals surface area (Å²) in [6, 6.07) is 1.56. The number of sulfonamides is 1. The number of carbonyl (C=O) groups excluding carboxylic acids is 1. The normalized spacial score (nSPS) is 20.2. The largest absolute Gasteiger partial charge is 0.351 e. The van der Waals surface area contributed by atoms with Gasteiger partial charge in [-0.2, -0.15) is 4.31 Å². The van der Waals surface area contributed by atoms with Gasteiger partial charge in [-0.25, -0.2) is 8.42 Å². The van der Waals surface area contributed by atoms with Crippen molar-refractivity contribution < 1.29 is 13.2 Å². The van der Waals surface area contributed by atoms with Gasteiger partial charge in [-0.15, -0.1) is 11.3 Å². The SMILES string of the molecule is CCN1CCN(CCCNC(=O)c2sccc2S(=O)(=O)N2CCCC2)CC1. The second-order valence-electron chi connectivity index (χ2n) is 7.11. The maximum absolute atomic E-state index is 12.8. The third-order valence-electron chi connectivity index (χ3n) is 5.37. The minimum absolute atomic E-state index is 0.155. The Hall–Kier alpha value is -1.00. The lowest BCUT2D eigenvalue weighted by Gasteiger charge is -2.33. The topological polar surface area (TPSA) is 73.0 Å². The van der Waals surface area contributed by atoms with Crippen LogP contribution >= 0.6 is 11.3 Å². The Labute approximate surface area is 166 Å². The molecule has 1 N–H and O–H groups in total. The number of nitrogens with one attached hydrogen (secondary N) is 1. The fourth-order valence-electron chi connectivity index (χ4n) is 3.65. The third-order valence-corrected chi connectivity index (χ3v) is 8.35. The summed E-state index contributed by atoms with van der Waals surface area (Å²) in [5, 5.41) is 4.58. The highest BCUT2D eigenvalue weighted by Crippen LogP contribution is 2.27. The van der Waals surface area contributed by atoms with Crippen LogP contribution in [0.5, 0.6) is 0 Å². The van der Waals surface area contributed by atoms with E-state index < -0.39 is 10.0 Å². The Kier molecular flexibility index (Phi) is 7.27. The number of carbonyl (C=O) groups is 1. The Bertz CT molecular complexity index is 721. The molecule has 0 bridgehead atoms. The summed E-state index contributed by atoms with van der Waals surface area (Å²) < 4.78 is 27.0. The summed E-state index contributed by atoms with van der Waals surface area (Å²) in [5.41, 5.74) is 0. The summed E-state index contributed by atoms with van der Waals surface area (Å²) >= 11 is 1.20. The van der Waals surface area contributed by atoms with Crippen molar-refractivity contribution in [2.75, 3.05) is 58.9 Å². The molecule has 27 heavy (non-hydrogen) atoms. The molecule has 3 rings (SSSR count). The van der Waals surface area contributed by atoms with Gasteiger partial charge in [0.25, 0.3) is 5.91 Å². The molecular formula is C18H30N4O3S2. The summed E-state index contributed by atoms with van der Waals surface area (Å²) in [6.45, 7) is 10.3. The number of piperazine rings is 1. The molecule has 3 heterocycles. The van der Waals surface area contributed by atoms with Crippen LogP contribution in [-0.2, 0) is 10.0 Å². The first-order valence-electron chi connectivity index (χ1n) is 9.83. The fraction of sp³-hybridized carbons (Fsp3) is 0.722. The van der Waals surface area contributed by atoms with E-state index in [4.69, 9.17) is 0 Å². The molecule has 0 aromatic carbocycles. The molecule has 1 aromatic heterocycles. The van der Waals surface area contributed by atoms with Gasteiger partial charge in [0.05, 0.1) is 0 Å². The average molecular weight is 415 g/mol. The molecule has 152 valence electrons. The van der Waals surface area contributed by atoms with Crippen LogP contribution in [0.4, 0.5) is 0 Å². The van der Waals surface area contributed by atoms with Gasteiger partial charge in [-0.1, -0.05) is 6.92 Å². The molecule has 2 aliphatic heterocycles. The number of rotatable bonds is 8. The predicted molar refractivity (Wildman–Crippen MR) is 108 cm³/mol. The number of likely N-dealkylation sites (N-methyl/N-ethyl adjacent to an activating group) is 1. The zero-order valence-electron chi connectivity index (χ0n) is 16.0. The number of hydrogen-bond acceptors (Lipinski definition) is 6. The second-order valence-corrected chi connectivity index (χ2v) is 9.93. The number of amides is 1. The molecule has 1 aromatic rings. The molecule has 0 saturated carbocycles. The van der Waals surface area contributed by atoms with Crippen molar-refractivity contribution in [1.82, 2.24) is 19.4 Å². The van der Waals surface area contributed by atoms with Crippen molar-refractivity contribution in [2.24, 2.45) is 0 Å². The molecule has 0 spiro atoms. The van der Waals surface area contributed by atoms with Gasteiger partial charge in [-0.3, -0.25) is 4.79 Å². The summed E-state index contributed by atoms with van der Waals surface area (Å²) in [6.07, 6.45) is 2.65. The van der Waals surface area contributed by atoms with E-state index in [-0.39, 0.29) is 10.8 Å². The minimum atomic E-state index is -3.56. The van der Waals surface area contributed by atoms with Gasteiger partial charge in [0.15, 0.2) is 0 Å². The first kappa shape index (κ1) is 20.7. The van der Waals surface area contributed by atoms with Gasteiger partial charge in [0.1, 0.15) is 9.77 Å². The quantitative estimate of drug-likeness (QED) is 0.649. The van der Waals surface area contributed by atoms with Gasteiger partial charge in [0.2, 0.25) is 10.0 Å². The lowest BCUT2D eigenvalue weighted by molar-refractivity contribution is 0.0949. The molecular weight excluding hydrogens is 384 g/mol. The van der Waals surface area contributed by atoms with Crippen molar-refractivity contribution in [2.45, 2.75) is 31.1 Å². The molecule has 0 atom stereocenters. The van der Waals surface area contributed by atoms with Crippen LogP contribution in [0.2, 0.25) is 0 Å². The van der Waals surface area contributed by atoms with E-state index in [2.05, 4.69) is 22.0 Å². The Morgan fingerprint density at radius 2 is 1.78 bits per heavy atom. The van der Waals surface area contributed by atoms with Crippen molar-refractivity contribution in [3.63, 3.8) is 0 Å². The van der Waals surface area contributed by atoms with E-state index in [1.54, 1.807) is 11.4 Å². The van der Waals surface area contributed by atoms with E-state index >= 15 is 0 Å². The lowest BCUT2D eigenvalue weighted by Crippen LogP contribution is -2.46. The minimum Gasteiger partial charge on any atom is -0.351 e. The third kappa shape index (κ3) is 5.08. The molecule has 2 fully saturated rings. The van der Waals surface area contributed by atoms with Crippen LogP contribution in [0.25, 0.3) is 0 Å². The maximum Gasteiger partial charge on any atom is 0.262 e. The highest BCUT2D eigenvalue weighted by Gasteiger charge is 2.31. The Balaban J connectivity index is 1.47. The van der Waals surface area contributed by atoms with Crippen LogP contribution in [0.1, 0.15) is 35.9 Å². The first-order valence-corrected chi connectivity index (χ1v) is 12.1. The summed E-state index contributed by atoms with van der Waals surface area (Å²) in [7, 11) is -3.56. The Morgan fingerprint density at radius 3 is 2.44 bits per heavy atom. The molecule has 2 aliphatic rings. The van der Waals surface area contributed by atoms with Gasteiger partial charge < -0.3 is 15.1 Å². The van der Waals surface area contributed by atoms with Crippen LogP contribution in [0, 0.1) is 0 Å². The van der Waals surface area contributed by atoms with Crippen LogP contribution in [0.15, 0.2) is 16.3 Å². The van der Waals surface area contributed by atoms with E-state index in [0.717, 1.165) is 58.5 Å². The van der Waals surface area contributed by atoms with E-state index in [0.29, 0.717) is 24.5 Å². The van der Waals surface area contributed by atoms with E-state index in [1.165, 1.54) is 15.6 Å². The molecule has 9 heteroatoms. The van der Waals surface area contributed by atoms with Gasteiger partial charge in [-0.05, 0) is 43.8 Å². The summed E-state index contributed by atoms with van der Waals surface area (Å²) in [4.78, 5) is 17.8. The van der Waals surface area contributed by atoms with E-state index in [9.17, 15) is 13.2 Å². The van der Waals surface area contributed by atoms with Crippen LogP contribution < -0.4 is 5.32 Å². The average Bonchev–Trinajstić information content (AvgIpc) is 3.38. The highest BCUT2D eigenvalue weighted by atomic mass is 32.2. The van der Waals surface area contributed by atoms with Crippen molar-refractivity contribution >= 4 is 27.3 Å². The van der Waals surface area contributed by atoms with Crippen molar-refractivity contribution in [3.8, 4) is 0 Å². The first-order chi connectivity index (χ1) is 13.0. The van der Waals surface area contributed by atoms with Crippen LogP contribution in [0.3, 0.4) is 0 Å². The monoisotopic (exact) mass is 414 g/mol.